The second kappa shape index (κ2) is 6.00. The largest absolute Gasteiger partial charge is 0.484 e. The van der Waals surface area contributed by atoms with Crippen molar-refractivity contribution in [2.45, 2.75) is 6.10 Å². The fraction of sp³-hybridized carbons (Fsp3) is 0.308. The molecule has 0 saturated heterocycles. The number of pyridine rings is 1. The average molecular weight is 267 g/mol. The van der Waals surface area contributed by atoms with Crippen molar-refractivity contribution >= 4 is 22.5 Å². The summed E-state index contributed by atoms with van der Waals surface area (Å²) in [6, 6.07) is 7.34. The van der Waals surface area contributed by atoms with E-state index in [1.54, 1.807) is 25.4 Å². The van der Waals surface area contributed by atoms with E-state index >= 15 is 0 Å². The van der Waals surface area contributed by atoms with Gasteiger partial charge in [-0.05, 0) is 24.3 Å². The Morgan fingerprint density at radius 2 is 2.22 bits per heavy atom. The minimum Gasteiger partial charge on any atom is -0.484 e. The molecule has 2 rings (SSSR count). The van der Waals surface area contributed by atoms with E-state index in [1.165, 1.54) is 0 Å². The molecule has 0 spiro atoms. The number of benzene rings is 1. The lowest BCUT2D eigenvalue weighted by Crippen LogP contribution is -2.31. The summed E-state index contributed by atoms with van der Waals surface area (Å²) in [4.78, 5) is 4.30. The maximum Gasteiger partial charge on any atom is 0.146 e. The second-order valence-corrected chi connectivity index (χ2v) is 4.28. The molecule has 1 aromatic carbocycles. The molecule has 5 heteroatoms. The molecule has 1 aromatic heterocycles. The van der Waals surface area contributed by atoms with Crippen molar-refractivity contribution in [3.8, 4) is 5.75 Å². The topological polar surface area (TPSA) is 57.4 Å². The van der Waals surface area contributed by atoms with E-state index in [0.29, 0.717) is 23.9 Å². The van der Waals surface area contributed by atoms with E-state index in [2.05, 4.69) is 4.98 Å². The number of fused-ring (bicyclic) bond motifs is 1. The van der Waals surface area contributed by atoms with Gasteiger partial charge in [0, 0.05) is 25.2 Å². The van der Waals surface area contributed by atoms with Crippen LogP contribution in [0.5, 0.6) is 5.75 Å². The lowest BCUT2D eigenvalue weighted by atomic mass is 10.2. The van der Waals surface area contributed by atoms with Gasteiger partial charge in [0.2, 0.25) is 0 Å². The monoisotopic (exact) mass is 266 g/mol. The number of hydrogen-bond donors (Lipinski definition) is 1. The van der Waals surface area contributed by atoms with Crippen LogP contribution in [0.25, 0.3) is 10.9 Å². The first-order chi connectivity index (χ1) is 8.76. The fourth-order valence-electron chi connectivity index (χ4n) is 1.72. The summed E-state index contributed by atoms with van der Waals surface area (Å²) in [7, 11) is 1.62. The highest BCUT2D eigenvalue weighted by molar-refractivity contribution is 6.35. The molecule has 1 atom stereocenters. The van der Waals surface area contributed by atoms with E-state index in [0.717, 1.165) is 10.9 Å². The third-order valence-electron chi connectivity index (χ3n) is 2.59. The molecular formula is C13H15ClN2O2. The van der Waals surface area contributed by atoms with Crippen LogP contribution in [0.1, 0.15) is 0 Å². The lowest BCUT2D eigenvalue weighted by molar-refractivity contribution is 0.0869. The van der Waals surface area contributed by atoms with E-state index in [9.17, 15) is 0 Å². The molecule has 0 radical (unpaired) electrons. The van der Waals surface area contributed by atoms with Crippen LogP contribution in [0.3, 0.4) is 0 Å². The summed E-state index contributed by atoms with van der Waals surface area (Å²) in [6.07, 6.45) is 1.51. The Bertz CT molecular complexity index is 533. The number of rotatable bonds is 5. The van der Waals surface area contributed by atoms with Gasteiger partial charge in [0.15, 0.2) is 0 Å². The van der Waals surface area contributed by atoms with Crippen molar-refractivity contribution in [1.82, 2.24) is 4.98 Å². The summed E-state index contributed by atoms with van der Waals surface area (Å²) in [6.45, 7) is 0.818. The first-order valence-electron chi connectivity index (χ1n) is 5.65. The number of hydrogen-bond acceptors (Lipinski definition) is 4. The molecule has 0 aliphatic rings. The molecule has 0 bridgehead atoms. The lowest BCUT2D eigenvalue weighted by Gasteiger charge is -2.17. The average Bonchev–Trinajstić information content (AvgIpc) is 2.41. The molecule has 0 saturated carbocycles. The van der Waals surface area contributed by atoms with Gasteiger partial charge < -0.3 is 15.2 Å². The summed E-state index contributed by atoms with van der Waals surface area (Å²) >= 11 is 6.12. The molecule has 0 amide bonds. The number of aromatic nitrogens is 1. The van der Waals surface area contributed by atoms with Gasteiger partial charge in [0.25, 0.3) is 0 Å². The summed E-state index contributed by atoms with van der Waals surface area (Å²) in [5.74, 6) is 0.669. The standard InChI is InChI=1S/C13H15ClN2O2/c1-17-8-9(7-15)18-12-5-4-11(14)10-3-2-6-16-13(10)12/h2-6,9H,7-8,15H2,1H3. The van der Waals surface area contributed by atoms with Crippen LogP contribution >= 0.6 is 11.6 Å². The van der Waals surface area contributed by atoms with E-state index in [4.69, 9.17) is 26.8 Å². The summed E-state index contributed by atoms with van der Waals surface area (Å²) < 4.78 is 10.9. The third-order valence-corrected chi connectivity index (χ3v) is 2.92. The normalized spacial score (nSPS) is 12.6. The Hall–Kier alpha value is -1.36. The van der Waals surface area contributed by atoms with Crippen LogP contribution in [-0.2, 0) is 4.74 Å². The third kappa shape index (κ3) is 2.72. The first kappa shape index (κ1) is 13.1. The molecule has 2 N–H and O–H groups in total. The minimum atomic E-state index is -0.193. The Labute approximate surface area is 111 Å². The maximum atomic E-state index is 6.12. The Morgan fingerprint density at radius 1 is 1.39 bits per heavy atom. The van der Waals surface area contributed by atoms with Crippen LogP contribution in [0.2, 0.25) is 5.02 Å². The molecule has 2 aromatic rings. The van der Waals surface area contributed by atoms with E-state index in [-0.39, 0.29) is 6.10 Å². The molecule has 1 unspecified atom stereocenters. The van der Waals surface area contributed by atoms with Crippen LogP contribution in [0, 0.1) is 0 Å². The molecule has 1 heterocycles. The zero-order valence-electron chi connectivity index (χ0n) is 10.1. The highest BCUT2D eigenvalue weighted by Gasteiger charge is 2.12. The Morgan fingerprint density at radius 3 is 2.94 bits per heavy atom. The van der Waals surface area contributed by atoms with Crippen LogP contribution in [0.15, 0.2) is 30.5 Å². The number of halogens is 1. The van der Waals surface area contributed by atoms with Gasteiger partial charge >= 0.3 is 0 Å². The van der Waals surface area contributed by atoms with Crippen molar-refractivity contribution in [3.05, 3.63) is 35.5 Å². The SMILES string of the molecule is COCC(CN)Oc1ccc(Cl)c2cccnc12. The molecule has 96 valence electrons. The predicted molar refractivity (Wildman–Crippen MR) is 72.1 cm³/mol. The van der Waals surface area contributed by atoms with Gasteiger partial charge in [-0.25, -0.2) is 0 Å². The van der Waals surface area contributed by atoms with E-state index < -0.39 is 0 Å². The van der Waals surface area contributed by atoms with Gasteiger partial charge in [-0.15, -0.1) is 0 Å². The zero-order valence-corrected chi connectivity index (χ0v) is 10.9. The summed E-state index contributed by atoms with van der Waals surface area (Å²) in [5, 5.41) is 1.52. The highest BCUT2D eigenvalue weighted by atomic mass is 35.5. The molecule has 0 aliphatic carbocycles. The van der Waals surface area contributed by atoms with Crippen LogP contribution < -0.4 is 10.5 Å². The van der Waals surface area contributed by atoms with Crippen LogP contribution in [-0.4, -0.2) is 31.3 Å². The quantitative estimate of drug-likeness (QED) is 0.902. The predicted octanol–water partition coefficient (Wildman–Crippen LogP) is 2.24. The van der Waals surface area contributed by atoms with Gasteiger partial charge in [0.05, 0.1) is 11.6 Å². The smallest absolute Gasteiger partial charge is 0.146 e. The zero-order chi connectivity index (χ0) is 13.0. The molecule has 0 fully saturated rings. The van der Waals surface area contributed by atoms with Crippen molar-refractivity contribution in [2.24, 2.45) is 5.73 Å². The van der Waals surface area contributed by atoms with Crippen molar-refractivity contribution < 1.29 is 9.47 Å². The molecule has 0 aliphatic heterocycles. The van der Waals surface area contributed by atoms with Gasteiger partial charge in [0.1, 0.15) is 17.4 Å². The van der Waals surface area contributed by atoms with Crippen molar-refractivity contribution in [3.63, 3.8) is 0 Å². The van der Waals surface area contributed by atoms with Crippen molar-refractivity contribution in [2.75, 3.05) is 20.3 Å². The number of methoxy groups -OCH3 is 1. The van der Waals surface area contributed by atoms with Gasteiger partial charge in [-0.2, -0.15) is 0 Å². The van der Waals surface area contributed by atoms with Crippen molar-refractivity contribution in [1.29, 1.82) is 0 Å². The highest BCUT2D eigenvalue weighted by Crippen LogP contribution is 2.30. The first-order valence-corrected chi connectivity index (χ1v) is 6.03. The fourth-order valence-corrected chi connectivity index (χ4v) is 1.94. The molecule has 18 heavy (non-hydrogen) atoms. The number of nitrogens with zero attached hydrogens (tertiary/aromatic N) is 1. The Kier molecular flexibility index (Phi) is 4.36. The minimum absolute atomic E-state index is 0.193. The second-order valence-electron chi connectivity index (χ2n) is 3.88. The maximum absolute atomic E-state index is 6.12. The number of nitrogens with two attached hydrogens (primary N) is 1. The Balaban J connectivity index is 2.36. The van der Waals surface area contributed by atoms with Gasteiger partial charge in [-0.1, -0.05) is 11.6 Å². The molecule has 4 nitrogen and oxygen atoms in total. The van der Waals surface area contributed by atoms with Crippen LogP contribution in [0.4, 0.5) is 0 Å². The summed E-state index contributed by atoms with van der Waals surface area (Å²) in [5.41, 5.74) is 6.36. The van der Waals surface area contributed by atoms with Gasteiger partial charge in [-0.3, -0.25) is 4.98 Å². The van der Waals surface area contributed by atoms with E-state index in [1.807, 2.05) is 12.1 Å². The molecular weight excluding hydrogens is 252 g/mol. The number of ether oxygens (including phenoxy) is 2.